The third kappa shape index (κ3) is 4.70. The van der Waals surface area contributed by atoms with E-state index >= 15 is 0 Å². The molecule has 1 aromatic rings. The molecule has 5 heteroatoms. The topological polar surface area (TPSA) is 41.6 Å². The van der Waals surface area contributed by atoms with Crippen LogP contribution in [0.15, 0.2) is 24.3 Å². The van der Waals surface area contributed by atoms with Crippen molar-refractivity contribution < 1.29 is 13.9 Å². The van der Waals surface area contributed by atoms with Crippen LogP contribution in [0.5, 0.6) is 5.75 Å². The molecule has 0 heterocycles. The maximum absolute atomic E-state index is 13.4. The van der Waals surface area contributed by atoms with E-state index in [-0.39, 0.29) is 23.5 Å². The molecule has 0 radical (unpaired) electrons. The summed E-state index contributed by atoms with van der Waals surface area (Å²) in [6, 6.07) is 6.45. The van der Waals surface area contributed by atoms with Gasteiger partial charge in [-0.15, -0.1) is 0 Å². The Kier molecular flexibility index (Phi) is 6.19. The number of carbonyl (C=O) groups excluding carboxylic acids is 1. The molecule has 0 aromatic heterocycles. The molecule has 0 aliphatic heterocycles. The van der Waals surface area contributed by atoms with Gasteiger partial charge in [0, 0.05) is 12.6 Å². The highest BCUT2D eigenvalue weighted by molar-refractivity contribution is 5.81. The molecule has 1 amide bonds. The zero-order valence-electron chi connectivity index (χ0n) is 13.3. The Labute approximate surface area is 131 Å². The van der Waals surface area contributed by atoms with Crippen LogP contribution in [0.25, 0.3) is 0 Å². The molecule has 22 heavy (non-hydrogen) atoms. The molecular formula is C17H25FN2O2. The Bertz CT molecular complexity index is 489. The Balaban J connectivity index is 1.72. The molecule has 0 spiro atoms. The number of hydrogen-bond donors (Lipinski definition) is 1. The summed E-state index contributed by atoms with van der Waals surface area (Å²) >= 11 is 0. The van der Waals surface area contributed by atoms with Gasteiger partial charge in [-0.1, -0.05) is 25.0 Å². The third-order valence-corrected chi connectivity index (χ3v) is 4.28. The Morgan fingerprint density at radius 2 is 2.09 bits per heavy atom. The predicted molar refractivity (Wildman–Crippen MR) is 84.4 cm³/mol. The number of carbonyl (C=O) groups is 1. The number of halogens is 1. The monoisotopic (exact) mass is 308 g/mol. The molecule has 1 saturated carbocycles. The minimum Gasteiger partial charge on any atom is -0.489 e. The van der Waals surface area contributed by atoms with Gasteiger partial charge < -0.3 is 10.1 Å². The van der Waals surface area contributed by atoms with Gasteiger partial charge in [-0.3, -0.25) is 9.69 Å². The molecule has 4 nitrogen and oxygen atoms in total. The first kappa shape index (κ1) is 16.7. The Morgan fingerprint density at radius 1 is 1.41 bits per heavy atom. The van der Waals surface area contributed by atoms with Gasteiger partial charge in [-0.05, 0) is 38.9 Å². The minimum absolute atomic E-state index is 0.0558. The van der Waals surface area contributed by atoms with E-state index in [1.807, 2.05) is 18.9 Å². The standard InChI is InChI=1S/C17H25FN2O2/c1-13(17(21)19-14-7-3-4-8-14)20(2)11-12-22-16-10-6-5-9-15(16)18/h5-6,9-10,13-14H,3-4,7-8,11-12H2,1-2H3,(H,19,21). The molecule has 1 N–H and O–H groups in total. The normalized spacial score (nSPS) is 16.7. The number of benzene rings is 1. The average Bonchev–Trinajstić information content (AvgIpc) is 3.01. The quantitative estimate of drug-likeness (QED) is 0.842. The van der Waals surface area contributed by atoms with Crippen LogP contribution in [0.1, 0.15) is 32.6 Å². The van der Waals surface area contributed by atoms with Crippen molar-refractivity contribution in [1.82, 2.24) is 10.2 Å². The lowest BCUT2D eigenvalue weighted by atomic mass is 10.2. The van der Waals surface area contributed by atoms with Crippen molar-refractivity contribution in [3.63, 3.8) is 0 Å². The van der Waals surface area contributed by atoms with Crippen LogP contribution in [-0.2, 0) is 4.79 Å². The van der Waals surface area contributed by atoms with Crippen molar-refractivity contribution in [2.24, 2.45) is 0 Å². The van der Waals surface area contributed by atoms with Crippen LogP contribution in [-0.4, -0.2) is 43.1 Å². The van der Waals surface area contributed by atoms with Crippen molar-refractivity contribution in [2.75, 3.05) is 20.2 Å². The van der Waals surface area contributed by atoms with Gasteiger partial charge in [-0.2, -0.15) is 0 Å². The van der Waals surface area contributed by atoms with E-state index in [9.17, 15) is 9.18 Å². The first-order valence-electron chi connectivity index (χ1n) is 7.96. The van der Waals surface area contributed by atoms with Crippen LogP contribution in [0.2, 0.25) is 0 Å². The molecule has 1 aliphatic rings. The average molecular weight is 308 g/mol. The van der Waals surface area contributed by atoms with E-state index in [0.717, 1.165) is 12.8 Å². The van der Waals surface area contributed by atoms with Crippen LogP contribution < -0.4 is 10.1 Å². The summed E-state index contributed by atoms with van der Waals surface area (Å²) in [4.78, 5) is 14.1. The van der Waals surface area contributed by atoms with Crippen molar-refractivity contribution in [3.8, 4) is 5.75 Å². The van der Waals surface area contributed by atoms with E-state index in [2.05, 4.69) is 5.32 Å². The minimum atomic E-state index is -0.364. The molecule has 1 fully saturated rings. The second kappa shape index (κ2) is 8.13. The predicted octanol–water partition coefficient (Wildman–Crippen LogP) is 2.58. The second-order valence-electron chi connectivity index (χ2n) is 5.93. The molecule has 122 valence electrons. The number of nitrogens with zero attached hydrogens (tertiary/aromatic N) is 1. The number of rotatable bonds is 7. The van der Waals surface area contributed by atoms with E-state index < -0.39 is 0 Å². The molecule has 1 aliphatic carbocycles. The van der Waals surface area contributed by atoms with Crippen LogP contribution >= 0.6 is 0 Å². The molecule has 0 saturated heterocycles. The Hall–Kier alpha value is -1.62. The van der Waals surface area contributed by atoms with E-state index in [1.54, 1.807) is 18.2 Å². The van der Waals surface area contributed by atoms with E-state index in [0.29, 0.717) is 19.2 Å². The molecule has 2 rings (SSSR count). The van der Waals surface area contributed by atoms with E-state index in [1.165, 1.54) is 18.9 Å². The van der Waals surface area contributed by atoms with Gasteiger partial charge in [-0.25, -0.2) is 4.39 Å². The largest absolute Gasteiger partial charge is 0.489 e. The zero-order valence-corrected chi connectivity index (χ0v) is 13.3. The van der Waals surface area contributed by atoms with Gasteiger partial charge >= 0.3 is 0 Å². The summed E-state index contributed by atoms with van der Waals surface area (Å²) < 4.78 is 18.8. The fraction of sp³-hybridized carbons (Fsp3) is 0.588. The van der Waals surface area contributed by atoms with Crippen molar-refractivity contribution in [2.45, 2.75) is 44.7 Å². The highest BCUT2D eigenvalue weighted by atomic mass is 19.1. The molecule has 1 aromatic carbocycles. The summed E-state index contributed by atoms with van der Waals surface area (Å²) in [5.41, 5.74) is 0. The zero-order chi connectivity index (χ0) is 15.9. The van der Waals surface area contributed by atoms with Crippen molar-refractivity contribution >= 4 is 5.91 Å². The number of hydrogen-bond acceptors (Lipinski definition) is 3. The first-order chi connectivity index (χ1) is 10.6. The maximum atomic E-state index is 13.4. The van der Waals surface area contributed by atoms with Crippen LogP contribution in [0.3, 0.4) is 0 Å². The van der Waals surface area contributed by atoms with Crippen molar-refractivity contribution in [1.29, 1.82) is 0 Å². The molecule has 1 unspecified atom stereocenters. The molecule has 1 atom stereocenters. The second-order valence-corrected chi connectivity index (χ2v) is 5.93. The number of para-hydroxylation sites is 1. The molecule has 0 bridgehead atoms. The van der Waals surface area contributed by atoms with Crippen LogP contribution in [0.4, 0.5) is 4.39 Å². The van der Waals surface area contributed by atoms with Gasteiger partial charge in [0.1, 0.15) is 6.61 Å². The van der Waals surface area contributed by atoms with E-state index in [4.69, 9.17) is 4.74 Å². The maximum Gasteiger partial charge on any atom is 0.237 e. The van der Waals surface area contributed by atoms with Gasteiger partial charge in [0.05, 0.1) is 6.04 Å². The van der Waals surface area contributed by atoms with Gasteiger partial charge in [0.25, 0.3) is 0 Å². The third-order valence-electron chi connectivity index (χ3n) is 4.28. The number of nitrogens with one attached hydrogen (secondary N) is 1. The highest BCUT2D eigenvalue weighted by Crippen LogP contribution is 2.18. The first-order valence-corrected chi connectivity index (χ1v) is 7.96. The van der Waals surface area contributed by atoms with Gasteiger partial charge in [0.15, 0.2) is 11.6 Å². The van der Waals surface area contributed by atoms with Crippen molar-refractivity contribution in [3.05, 3.63) is 30.1 Å². The molecular weight excluding hydrogens is 283 g/mol. The van der Waals surface area contributed by atoms with Gasteiger partial charge in [0.2, 0.25) is 5.91 Å². The van der Waals surface area contributed by atoms with Crippen LogP contribution in [0, 0.1) is 5.82 Å². The number of amides is 1. The highest BCUT2D eigenvalue weighted by Gasteiger charge is 2.22. The fourth-order valence-electron chi connectivity index (χ4n) is 2.65. The summed E-state index contributed by atoms with van der Waals surface area (Å²) in [5, 5.41) is 3.10. The lowest BCUT2D eigenvalue weighted by molar-refractivity contribution is -0.126. The summed E-state index contributed by atoms with van der Waals surface area (Å²) in [6.45, 7) is 2.79. The summed E-state index contributed by atoms with van der Waals surface area (Å²) in [7, 11) is 1.88. The SMILES string of the molecule is CC(C(=O)NC1CCCC1)N(C)CCOc1ccccc1F. The number of likely N-dealkylation sites (N-methyl/N-ethyl adjacent to an activating group) is 1. The number of ether oxygens (including phenoxy) is 1. The fourth-order valence-corrected chi connectivity index (χ4v) is 2.65. The Morgan fingerprint density at radius 3 is 2.77 bits per heavy atom. The summed E-state index contributed by atoms with van der Waals surface area (Å²) in [5.74, 6) is -0.0589. The lowest BCUT2D eigenvalue weighted by Gasteiger charge is -2.25. The lowest BCUT2D eigenvalue weighted by Crippen LogP contribution is -2.47. The smallest absolute Gasteiger partial charge is 0.237 e. The summed E-state index contributed by atoms with van der Waals surface area (Å²) in [6.07, 6.45) is 4.56.